The highest BCUT2D eigenvalue weighted by Gasteiger charge is 2.13. The number of carbonyl (C=O) groups is 1. The normalized spacial score (nSPS) is 11.0. The zero-order valence-electron chi connectivity index (χ0n) is 15.6. The fourth-order valence-electron chi connectivity index (χ4n) is 2.72. The van der Waals surface area contributed by atoms with Gasteiger partial charge >= 0.3 is 0 Å². The lowest BCUT2D eigenvalue weighted by Gasteiger charge is -2.26. The van der Waals surface area contributed by atoms with Gasteiger partial charge in [-0.1, -0.05) is 36.4 Å². The van der Waals surface area contributed by atoms with Gasteiger partial charge in [0, 0.05) is 25.6 Å². The van der Waals surface area contributed by atoms with Crippen LogP contribution in [-0.4, -0.2) is 30.5 Å². The van der Waals surface area contributed by atoms with E-state index in [2.05, 4.69) is 36.2 Å². The third-order valence-electron chi connectivity index (χ3n) is 4.21. The maximum atomic E-state index is 12.4. The van der Waals surface area contributed by atoms with E-state index in [1.165, 1.54) is 5.56 Å². The first kappa shape index (κ1) is 19.0. The average Bonchev–Trinajstić information content (AvgIpc) is 2.59. The Morgan fingerprint density at radius 3 is 2.52 bits per heavy atom. The summed E-state index contributed by atoms with van der Waals surface area (Å²) in [5.74, 6) is 0.687. The van der Waals surface area contributed by atoms with Gasteiger partial charge in [0.05, 0.1) is 12.8 Å². The molecule has 0 radical (unpaired) electrons. The molecule has 0 heterocycles. The molecule has 0 spiro atoms. The van der Waals surface area contributed by atoms with Crippen molar-refractivity contribution in [3.63, 3.8) is 0 Å². The Hall–Kier alpha value is -2.33. The lowest BCUT2D eigenvalue weighted by molar-refractivity contribution is -0.116. The summed E-state index contributed by atoms with van der Waals surface area (Å²) in [7, 11) is 1.61. The molecule has 4 heteroatoms. The second-order valence-corrected chi connectivity index (χ2v) is 6.55. The van der Waals surface area contributed by atoms with Gasteiger partial charge in [0.25, 0.3) is 0 Å². The molecule has 1 amide bonds. The van der Waals surface area contributed by atoms with E-state index in [9.17, 15) is 4.79 Å². The Morgan fingerprint density at radius 2 is 1.88 bits per heavy atom. The Morgan fingerprint density at radius 1 is 1.16 bits per heavy atom. The van der Waals surface area contributed by atoms with E-state index >= 15 is 0 Å². The average molecular weight is 340 g/mol. The van der Waals surface area contributed by atoms with Crippen molar-refractivity contribution in [2.24, 2.45) is 0 Å². The van der Waals surface area contributed by atoms with Crippen molar-refractivity contribution in [3.05, 3.63) is 59.7 Å². The van der Waals surface area contributed by atoms with Gasteiger partial charge < -0.3 is 10.1 Å². The number of aryl methyl sites for hydroxylation is 1. The number of ether oxygens (including phenoxy) is 1. The molecule has 0 fully saturated rings. The number of amides is 1. The molecule has 0 aliphatic rings. The maximum absolute atomic E-state index is 12.4. The Labute approximate surface area is 150 Å². The van der Waals surface area contributed by atoms with Gasteiger partial charge in [-0.2, -0.15) is 0 Å². The van der Waals surface area contributed by atoms with E-state index in [1.807, 2.05) is 43.3 Å². The number of hydrogen-bond acceptors (Lipinski definition) is 3. The lowest BCUT2D eigenvalue weighted by atomic mass is 10.1. The standard InChI is InChI=1S/C21H28N2O2/c1-16(2)23(15-18-8-6-5-7-9-18)13-12-21(24)22-19-14-17(3)10-11-20(19)25-4/h5-11,14,16H,12-13,15H2,1-4H3,(H,22,24). The van der Waals surface area contributed by atoms with Crippen molar-refractivity contribution in [2.45, 2.75) is 39.8 Å². The highest BCUT2D eigenvalue weighted by Crippen LogP contribution is 2.25. The zero-order valence-corrected chi connectivity index (χ0v) is 15.6. The number of nitrogens with zero attached hydrogens (tertiary/aromatic N) is 1. The van der Waals surface area contributed by atoms with Gasteiger partial charge in [-0.3, -0.25) is 9.69 Å². The van der Waals surface area contributed by atoms with Crippen LogP contribution in [0.3, 0.4) is 0 Å². The lowest BCUT2D eigenvalue weighted by Crippen LogP contribution is -2.33. The number of benzene rings is 2. The van der Waals surface area contributed by atoms with Crippen LogP contribution in [0, 0.1) is 6.92 Å². The SMILES string of the molecule is COc1ccc(C)cc1NC(=O)CCN(Cc1ccccc1)C(C)C. The van der Waals surface area contributed by atoms with Crippen LogP contribution in [0.5, 0.6) is 5.75 Å². The van der Waals surface area contributed by atoms with Crippen LogP contribution in [-0.2, 0) is 11.3 Å². The quantitative estimate of drug-likeness (QED) is 0.781. The van der Waals surface area contributed by atoms with Gasteiger partial charge in [0.2, 0.25) is 5.91 Å². The van der Waals surface area contributed by atoms with Crippen LogP contribution in [0.15, 0.2) is 48.5 Å². The van der Waals surface area contributed by atoms with E-state index in [1.54, 1.807) is 7.11 Å². The number of methoxy groups -OCH3 is 1. The molecule has 25 heavy (non-hydrogen) atoms. The molecule has 0 aromatic heterocycles. The molecular weight excluding hydrogens is 312 g/mol. The van der Waals surface area contributed by atoms with Crippen LogP contribution < -0.4 is 10.1 Å². The van der Waals surface area contributed by atoms with Crippen molar-refractivity contribution < 1.29 is 9.53 Å². The second kappa shape index (κ2) is 9.23. The Bertz CT molecular complexity index is 684. The van der Waals surface area contributed by atoms with Gasteiger partial charge in [0.15, 0.2) is 0 Å². The number of rotatable bonds is 8. The molecule has 2 rings (SSSR count). The number of nitrogens with one attached hydrogen (secondary N) is 1. The van der Waals surface area contributed by atoms with Crippen molar-refractivity contribution >= 4 is 11.6 Å². The monoisotopic (exact) mass is 340 g/mol. The zero-order chi connectivity index (χ0) is 18.2. The van der Waals surface area contributed by atoms with E-state index in [0.29, 0.717) is 24.8 Å². The first-order chi connectivity index (χ1) is 12.0. The summed E-state index contributed by atoms with van der Waals surface area (Å²) in [5.41, 5.74) is 3.08. The molecule has 0 atom stereocenters. The summed E-state index contributed by atoms with van der Waals surface area (Å²) < 4.78 is 5.32. The van der Waals surface area contributed by atoms with Crippen LogP contribution in [0.4, 0.5) is 5.69 Å². The minimum atomic E-state index is 0.00242. The first-order valence-corrected chi connectivity index (χ1v) is 8.72. The van der Waals surface area contributed by atoms with Gasteiger partial charge in [0.1, 0.15) is 5.75 Å². The van der Waals surface area contributed by atoms with Crippen molar-refractivity contribution in [1.29, 1.82) is 0 Å². The molecular formula is C21H28N2O2. The number of hydrogen-bond donors (Lipinski definition) is 1. The van der Waals surface area contributed by atoms with Crippen LogP contribution in [0.2, 0.25) is 0 Å². The fraction of sp³-hybridized carbons (Fsp3) is 0.381. The molecule has 0 saturated heterocycles. The molecule has 2 aromatic carbocycles. The van der Waals surface area contributed by atoms with E-state index in [-0.39, 0.29) is 5.91 Å². The highest BCUT2D eigenvalue weighted by atomic mass is 16.5. The van der Waals surface area contributed by atoms with Crippen LogP contribution >= 0.6 is 0 Å². The van der Waals surface area contributed by atoms with E-state index in [4.69, 9.17) is 4.74 Å². The Kier molecular flexibility index (Phi) is 7.02. The summed E-state index contributed by atoms with van der Waals surface area (Å²) in [6.07, 6.45) is 0.447. The van der Waals surface area contributed by atoms with Crippen LogP contribution in [0.1, 0.15) is 31.4 Å². The van der Waals surface area contributed by atoms with Crippen LogP contribution in [0.25, 0.3) is 0 Å². The molecule has 0 aliphatic heterocycles. The van der Waals surface area contributed by atoms with Crippen molar-refractivity contribution in [1.82, 2.24) is 4.90 Å². The second-order valence-electron chi connectivity index (χ2n) is 6.55. The third kappa shape index (κ3) is 5.91. The maximum Gasteiger partial charge on any atom is 0.225 e. The summed E-state index contributed by atoms with van der Waals surface area (Å²) in [4.78, 5) is 14.7. The molecule has 134 valence electrons. The molecule has 0 bridgehead atoms. The molecule has 1 N–H and O–H groups in total. The van der Waals surface area contributed by atoms with E-state index in [0.717, 1.165) is 17.8 Å². The third-order valence-corrected chi connectivity index (χ3v) is 4.21. The molecule has 0 saturated carbocycles. The summed E-state index contributed by atoms with van der Waals surface area (Å²) >= 11 is 0. The minimum Gasteiger partial charge on any atom is -0.495 e. The van der Waals surface area contributed by atoms with Crippen molar-refractivity contribution in [3.8, 4) is 5.75 Å². The Balaban J connectivity index is 1.94. The summed E-state index contributed by atoms with van der Waals surface area (Å²) in [5, 5.41) is 2.97. The molecule has 4 nitrogen and oxygen atoms in total. The molecule has 0 aliphatic carbocycles. The van der Waals surface area contributed by atoms with Gasteiger partial charge in [-0.15, -0.1) is 0 Å². The number of carbonyl (C=O) groups excluding carboxylic acids is 1. The predicted octanol–water partition coefficient (Wildman–Crippen LogP) is 4.24. The smallest absolute Gasteiger partial charge is 0.225 e. The number of anilines is 1. The molecule has 2 aromatic rings. The van der Waals surface area contributed by atoms with Gasteiger partial charge in [-0.25, -0.2) is 0 Å². The summed E-state index contributed by atoms with van der Waals surface area (Å²) in [6.45, 7) is 7.87. The largest absolute Gasteiger partial charge is 0.495 e. The van der Waals surface area contributed by atoms with Crippen molar-refractivity contribution in [2.75, 3.05) is 19.0 Å². The van der Waals surface area contributed by atoms with E-state index < -0.39 is 0 Å². The highest BCUT2D eigenvalue weighted by molar-refractivity contribution is 5.92. The minimum absolute atomic E-state index is 0.00242. The van der Waals surface area contributed by atoms with Gasteiger partial charge in [-0.05, 0) is 44.0 Å². The molecule has 0 unspecified atom stereocenters. The predicted molar refractivity (Wildman–Crippen MR) is 103 cm³/mol. The first-order valence-electron chi connectivity index (χ1n) is 8.72. The fourth-order valence-corrected chi connectivity index (χ4v) is 2.72. The topological polar surface area (TPSA) is 41.6 Å². The summed E-state index contributed by atoms with van der Waals surface area (Å²) in [6, 6.07) is 16.5.